The molecule has 4 N–H and O–H groups in total. The van der Waals surface area contributed by atoms with Crippen LogP contribution in [0.15, 0.2) is 5.16 Å². The highest BCUT2D eigenvalue weighted by molar-refractivity contribution is 5.93. The third kappa shape index (κ3) is 4.90. The lowest BCUT2D eigenvalue weighted by Crippen LogP contribution is -2.56. The van der Waals surface area contributed by atoms with Gasteiger partial charge in [-0.3, -0.25) is 4.79 Å². The second kappa shape index (κ2) is 8.25. The van der Waals surface area contributed by atoms with Crippen molar-refractivity contribution in [2.24, 2.45) is 22.7 Å². The van der Waals surface area contributed by atoms with Crippen molar-refractivity contribution < 1.29 is 10.0 Å². The third-order valence-corrected chi connectivity index (χ3v) is 4.96. The van der Waals surface area contributed by atoms with Crippen molar-refractivity contribution >= 4 is 11.7 Å². The molecule has 0 bridgehead atoms. The summed E-state index contributed by atoms with van der Waals surface area (Å²) < 4.78 is 0. The Hall–Kier alpha value is -1.26. The third-order valence-electron chi connectivity index (χ3n) is 4.96. The number of carbonyl (C=O) groups is 1. The van der Waals surface area contributed by atoms with Crippen LogP contribution in [0.4, 0.5) is 0 Å². The molecule has 0 aromatic carbocycles. The van der Waals surface area contributed by atoms with Gasteiger partial charge in [0.15, 0.2) is 5.84 Å². The summed E-state index contributed by atoms with van der Waals surface area (Å²) in [6.07, 6.45) is 8.62. The van der Waals surface area contributed by atoms with Gasteiger partial charge in [0, 0.05) is 5.92 Å². The number of oxime groups is 1. The first-order valence-corrected chi connectivity index (χ1v) is 8.26. The second-order valence-electron chi connectivity index (χ2n) is 6.52. The Kier molecular flexibility index (Phi) is 6.99. The van der Waals surface area contributed by atoms with E-state index in [9.17, 15) is 4.79 Å². The molecule has 0 saturated heterocycles. The van der Waals surface area contributed by atoms with Crippen molar-refractivity contribution in [3.8, 4) is 0 Å². The zero-order valence-corrected chi connectivity index (χ0v) is 13.7. The van der Waals surface area contributed by atoms with Crippen molar-refractivity contribution in [3.05, 3.63) is 0 Å². The molecule has 1 rings (SSSR count). The number of unbranched alkanes of at least 4 members (excludes halogenated alkanes) is 1. The van der Waals surface area contributed by atoms with Gasteiger partial charge in [-0.2, -0.15) is 0 Å². The Morgan fingerprint density at radius 1 is 1.33 bits per heavy atom. The summed E-state index contributed by atoms with van der Waals surface area (Å²) >= 11 is 0. The minimum atomic E-state index is -0.759. The fourth-order valence-electron chi connectivity index (χ4n) is 3.02. The van der Waals surface area contributed by atoms with Crippen LogP contribution < -0.4 is 11.1 Å². The predicted molar refractivity (Wildman–Crippen MR) is 85.2 cm³/mol. The molecule has 1 saturated carbocycles. The molecule has 1 atom stereocenters. The maximum absolute atomic E-state index is 12.4. The molecular weight excluding hydrogens is 266 g/mol. The van der Waals surface area contributed by atoms with E-state index in [0.29, 0.717) is 6.42 Å². The fourth-order valence-corrected chi connectivity index (χ4v) is 3.02. The number of hydrogen-bond acceptors (Lipinski definition) is 3. The molecule has 122 valence electrons. The van der Waals surface area contributed by atoms with Gasteiger partial charge in [0.2, 0.25) is 5.91 Å². The lowest BCUT2D eigenvalue weighted by Gasteiger charge is -2.33. The van der Waals surface area contributed by atoms with E-state index in [1.807, 2.05) is 6.92 Å². The van der Waals surface area contributed by atoms with Gasteiger partial charge in [0.1, 0.15) is 0 Å². The standard InChI is InChI=1S/C16H31N3O2/c1-4-6-7-12-8-10-13(11-9-12)14(20)18-16(3,5-2)15(17)19-21/h12-13,21H,4-11H2,1-3H3,(H2,17,19)(H,18,20). The zero-order chi connectivity index (χ0) is 15.9. The lowest BCUT2D eigenvalue weighted by atomic mass is 9.79. The van der Waals surface area contributed by atoms with Gasteiger partial charge in [-0.25, -0.2) is 0 Å². The Labute approximate surface area is 128 Å². The summed E-state index contributed by atoms with van der Waals surface area (Å²) in [5.41, 5.74) is 4.94. The van der Waals surface area contributed by atoms with E-state index >= 15 is 0 Å². The highest BCUT2D eigenvalue weighted by Crippen LogP contribution is 2.32. The molecule has 0 spiro atoms. The van der Waals surface area contributed by atoms with Gasteiger partial charge in [-0.15, -0.1) is 0 Å². The van der Waals surface area contributed by atoms with Gasteiger partial charge in [0.05, 0.1) is 5.54 Å². The van der Waals surface area contributed by atoms with Gasteiger partial charge in [-0.05, 0) is 44.9 Å². The highest BCUT2D eigenvalue weighted by atomic mass is 16.4. The molecule has 1 aliphatic carbocycles. The van der Waals surface area contributed by atoms with Crippen LogP contribution in [-0.4, -0.2) is 22.5 Å². The monoisotopic (exact) mass is 297 g/mol. The number of nitrogens with two attached hydrogens (primary N) is 1. The fraction of sp³-hybridized carbons (Fsp3) is 0.875. The summed E-state index contributed by atoms with van der Waals surface area (Å²) in [6.45, 7) is 5.94. The predicted octanol–water partition coefficient (Wildman–Crippen LogP) is 3.01. The van der Waals surface area contributed by atoms with E-state index in [1.54, 1.807) is 6.92 Å². The topological polar surface area (TPSA) is 87.7 Å². The highest BCUT2D eigenvalue weighted by Gasteiger charge is 2.33. The maximum atomic E-state index is 12.4. The van der Waals surface area contributed by atoms with Crippen molar-refractivity contribution in [1.82, 2.24) is 5.32 Å². The number of carbonyl (C=O) groups excluding carboxylic acids is 1. The number of nitrogens with zero attached hydrogens (tertiary/aromatic N) is 1. The van der Waals surface area contributed by atoms with E-state index in [0.717, 1.165) is 31.6 Å². The largest absolute Gasteiger partial charge is 0.409 e. The lowest BCUT2D eigenvalue weighted by molar-refractivity contribution is -0.127. The number of hydrogen-bond donors (Lipinski definition) is 3. The SMILES string of the molecule is CCCCC1CCC(C(=O)NC(C)(CC)/C(N)=N/O)CC1. The summed E-state index contributed by atoms with van der Waals surface area (Å²) in [6, 6.07) is 0. The number of rotatable bonds is 7. The molecule has 5 nitrogen and oxygen atoms in total. The van der Waals surface area contributed by atoms with Crippen molar-refractivity contribution in [3.63, 3.8) is 0 Å². The molecule has 0 aromatic rings. The number of amides is 1. The normalized spacial score (nSPS) is 26.1. The second-order valence-corrected chi connectivity index (χ2v) is 6.52. The maximum Gasteiger partial charge on any atom is 0.223 e. The Morgan fingerprint density at radius 3 is 2.43 bits per heavy atom. The Morgan fingerprint density at radius 2 is 1.95 bits per heavy atom. The van der Waals surface area contributed by atoms with E-state index in [-0.39, 0.29) is 17.7 Å². The molecule has 1 fully saturated rings. The smallest absolute Gasteiger partial charge is 0.223 e. The van der Waals surface area contributed by atoms with Crippen LogP contribution in [0.1, 0.15) is 72.1 Å². The van der Waals surface area contributed by atoms with Crippen molar-refractivity contribution in [2.45, 2.75) is 77.7 Å². The van der Waals surface area contributed by atoms with Crippen LogP contribution >= 0.6 is 0 Å². The molecule has 5 heteroatoms. The van der Waals surface area contributed by atoms with Gasteiger partial charge in [-0.1, -0.05) is 38.3 Å². The first-order valence-electron chi connectivity index (χ1n) is 8.26. The molecule has 1 aliphatic rings. The zero-order valence-electron chi connectivity index (χ0n) is 13.7. The summed E-state index contributed by atoms with van der Waals surface area (Å²) in [4.78, 5) is 12.4. The van der Waals surface area contributed by atoms with Gasteiger partial charge in [0.25, 0.3) is 0 Å². The molecule has 0 aromatic heterocycles. The Bertz CT molecular complexity index is 363. The van der Waals surface area contributed by atoms with E-state index in [4.69, 9.17) is 10.9 Å². The van der Waals surface area contributed by atoms with Crippen molar-refractivity contribution in [1.29, 1.82) is 0 Å². The van der Waals surface area contributed by atoms with E-state index in [1.165, 1.54) is 19.3 Å². The first-order chi connectivity index (χ1) is 9.96. The first kappa shape index (κ1) is 17.8. The van der Waals surface area contributed by atoms with Gasteiger partial charge >= 0.3 is 0 Å². The van der Waals surface area contributed by atoms with Crippen molar-refractivity contribution in [2.75, 3.05) is 0 Å². The Balaban J connectivity index is 2.50. The molecule has 21 heavy (non-hydrogen) atoms. The molecule has 0 radical (unpaired) electrons. The average Bonchev–Trinajstić information content (AvgIpc) is 2.52. The van der Waals surface area contributed by atoms with Crippen LogP contribution in [-0.2, 0) is 4.79 Å². The molecule has 0 heterocycles. The average molecular weight is 297 g/mol. The number of amidine groups is 1. The molecule has 1 amide bonds. The summed E-state index contributed by atoms with van der Waals surface area (Å²) in [7, 11) is 0. The van der Waals surface area contributed by atoms with E-state index < -0.39 is 5.54 Å². The van der Waals surface area contributed by atoms with Crippen LogP contribution in [0.5, 0.6) is 0 Å². The summed E-state index contributed by atoms with van der Waals surface area (Å²) in [5.74, 6) is 0.964. The molecule has 1 unspecified atom stereocenters. The van der Waals surface area contributed by atoms with Crippen LogP contribution in [0, 0.1) is 11.8 Å². The molecular formula is C16H31N3O2. The van der Waals surface area contributed by atoms with E-state index in [2.05, 4.69) is 17.4 Å². The minimum absolute atomic E-state index is 0.0416. The number of nitrogens with one attached hydrogen (secondary N) is 1. The van der Waals surface area contributed by atoms with Crippen LogP contribution in [0.2, 0.25) is 0 Å². The quantitative estimate of drug-likeness (QED) is 0.292. The summed E-state index contributed by atoms with van der Waals surface area (Å²) in [5, 5.41) is 14.9. The minimum Gasteiger partial charge on any atom is -0.409 e. The van der Waals surface area contributed by atoms with Crippen LogP contribution in [0.25, 0.3) is 0 Å². The van der Waals surface area contributed by atoms with Gasteiger partial charge < -0.3 is 16.3 Å². The molecule has 0 aliphatic heterocycles. The van der Waals surface area contributed by atoms with Crippen LogP contribution in [0.3, 0.4) is 0 Å².